The van der Waals surface area contributed by atoms with Crippen LogP contribution in [0.2, 0.25) is 0 Å². The fourth-order valence-electron chi connectivity index (χ4n) is 2.56. The van der Waals surface area contributed by atoms with E-state index in [-0.39, 0.29) is 5.69 Å². The zero-order valence-corrected chi connectivity index (χ0v) is 11.8. The number of hydrogen-bond acceptors (Lipinski definition) is 2. The quantitative estimate of drug-likeness (QED) is 0.846. The molecular formula is C15H15N3OS. The van der Waals surface area contributed by atoms with E-state index >= 15 is 0 Å². The molecule has 0 saturated heterocycles. The first-order valence-electron chi connectivity index (χ1n) is 6.49. The first-order valence-corrected chi connectivity index (χ1v) is 6.90. The van der Waals surface area contributed by atoms with Crippen molar-refractivity contribution in [2.24, 2.45) is 0 Å². The summed E-state index contributed by atoms with van der Waals surface area (Å²) in [7, 11) is 0. The minimum atomic E-state index is -0.285. The van der Waals surface area contributed by atoms with Gasteiger partial charge in [0, 0.05) is 5.56 Å². The van der Waals surface area contributed by atoms with Crippen LogP contribution in [0.5, 0.6) is 0 Å². The van der Waals surface area contributed by atoms with Crippen LogP contribution in [0.25, 0.3) is 17.8 Å². The summed E-state index contributed by atoms with van der Waals surface area (Å²) in [6, 6.07) is 3.99. The highest BCUT2D eigenvalue weighted by molar-refractivity contribution is 7.71. The number of hydrogen-bond donors (Lipinski definition) is 2. The maximum Gasteiger partial charge on any atom is 0.347 e. The van der Waals surface area contributed by atoms with Gasteiger partial charge >= 0.3 is 5.69 Å². The van der Waals surface area contributed by atoms with Crippen LogP contribution in [-0.4, -0.2) is 14.8 Å². The number of H-pyrrole nitrogens is 2. The van der Waals surface area contributed by atoms with Crippen LogP contribution >= 0.6 is 12.2 Å². The molecule has 0 atom stereocenters. The van der Waals surface area contributed by atoms with Gasteiger partial charge in [-0.05, 0) is 48.2 Å². The number of rotatable bonds is 4. The summed E-state index contributed by atoms with van der Waals surface area (Å²) in [5.74, 6) is 0.605. The normalized spacial score (nSPS) is 14.2. The molecule has 0 radical (unpaired) electrons. The van der Waals surface area contributed by atoms with Crippen molar-refractivity contribution >= 4 is 24.4 Å². The number of nitrogens with zero attached hydrogens (tertiary/aromatic N) is 1. The van der Waals surface area contributed by atoms with Crippen molar-refractivity contribution in [3.63, 3.8) is 0 Å². The Kier molecular flexibility index (Phi) is 3.06. The molecule has 1 heterocycles. The molecule has 1 aromatic carbocycles. The second kappa shape index (κ2) is 4.76. The molecule has 20 heavy (non-hydrogen) atoms. The summed E-state index contributed by atoms with van der Waals surface area (Å²) in [4.78, 5) is 11.9. The van der Waals surface area contributed by atoms with E-state index in [0.29, 0.717) is 10.7 Å². The van der Waals surface area contributed by atoms with Crippen molar-refractivity contribution in [2.75, 3.05) is 0 Å². The number of aromatic nitrogens is 3. The molecule has 4 nitrogen and oxygen atoms in total. The Balaban J connectivity index is 2.32. The smallest absolute Gasteiger partial charge is 0.272 e. The summed E-state index contributed by atoms with van der Waals surface area (Å²) in [5.41, 5.74) is 3.66. The van der Waals surface area contributed by atoms with Gasteiger partial charge in [-0.25, -0.2) is 14.5 Å². The highest BCUT2D eigenvalue weighted by Crippen LogP contribution is 2.43. The lowest BCUT2D eigenvalue weighted by Crippen LogP contribution is -2.16. The lowest BCUT2D eigenvalue weighted by atomic mass is 9.96. The maximum atomic E-state index is 11.9. The van der Waals surface area contributed by atoms with E-state index in [1.54, 1.807) is 6.08 Å². The monoisotopic (exact) mass is 285 g/mol. The topological polar surface area (TPSA) is 53.6 Å². The van der Waals surface area contributed by atoms with Gasteiger partial charge in [-0.1, -0.05) is 31.4 Å². The minimum Gasteiger partial charge on any atom is -0.272 e. The van der Waals surface area contributed by atoms with E-state index < -0.39 is 0 Å². The standard InChI is InChI=1S/C15H15N3OS/c1-3-10-11(4-2)13(8-7-12(10)9-5-6-9)18-14(19)16-17-15(18)20/h3-4,7-9H,1-2,5-6H2,(H,16,19)(H,17,20). The Morgan fingerprint density at radius 2 is 1.90 bits per heavy atom. The van der Waals surface area contributed by atoms with Gasteiger partial charge in [0.25, 0.3) is 0 Å². The summed E-state index contributed by atoms with van der Waals surface area (Å²) in [6.45, 7) is 7.77. The van der Waals surface area contributed by atoms with Crippen LogP contribution in [0.1, 0.15) is 35.4 Å². The average Bonchev–Trinajstić information content (AvgIpc) is 3.24. The van der Waals surface area contributed by atoms with Crippen molar-refractivity contribution in [1.82, 2.24) is 14.8 Å². The molecule has 1 saturated carbocycles. The summed E-state index contributed by atoms with van der Waals surface area (Å²) in [5, 5.41) is 5.15. The number of benzene rings is 1. The van der Waals surface area contributed by atoms with Crippen molar-refractivity contribution in [1.29, 1.82) is 0 Å². The first kappa shape index (κ1) is 12.9. The molecule has 2 aromatic rings. The molecule has 1 aromatic heterocycles. The second-order valence-corrected chi connectivity index (χ2v) is 5.27. The van der Waals surface area contributed by atoms with E-state index in [1.807, 2.05) is 12.1 Å². The van der Waals surface area contributed by atoms with Gasteiger partial charge in [0.15, 0.2) is 0 Å². The highest BCUT2D eigenvalue weighted by atomic mass is 32.1. The summed E-state index contributed by atoms with van der Waals surface area (Å²) in [6.07, 6.45) is 6.01. The molecular weight excluding hydrogens is 270 g/mol. The molecule has 0 bridgehead atoms. The van der Waals surface area contributed by atoms with Crippen LogP contribution in [0.4, 0.5) is 0 Å². The molecule has 102 valence electrons. The Hall–Kier alpha value is -2.14. The van der Waals surface area contributed by atoms with E-state index in [4.69, 9.17) is 12.2 Å². The van der Waals surface area contributed by atoms with Crippen molar-refractivity contribution in [2.45, 2.75) is 18.8 Å². The van der Waals surface area contributed by atoms with Crippen LogP contribution in [0, 0.1) is 4.77 Å². The molecule has 2 N–H and O–H groups in total. The largest absolute Gasteiger partial charge is 0.347 e. The third-order valence-corrected chi connectivity index (χ3v) is 3.93. The van der Waals surface area contributed by atoms with Crippen LogP contribution in [0.15, 0.2) is 30.1 Å². The maximum absolute atomic E-state index is 11.9. The third-order valence-electron chi connectivity index (χ3n) is 3.65. The molecule has 0 amide bonds. The number of nitrogens with one attached hydrogen (secondary N) is 2. The summed E-state index contributed by atoms with van der Waals surface area (Å²) >= 11 is 5.15. The average molecular weight is 285 g/mol. The van der Waals surface area contributed by atoms with Gasteiger partial charge in [-0.2, -0.15) is 0 Å². The SMILES string of the molecule is C=Cc1c(C2CC2)ccc(-n2c(=O)[nH][nH]c2=S)c1C=C. The zero-order chi connectivity index (χ0) is 14.3. The Morgan fingerprint density at radius 1 is 1.20 bits per heavy atom. The number of aromatic amines is 2. The molecule has 5 heteroatoms. The predicted octanol–water partition coefficient (Wildman–Crippen LogP) is 3.39. The molecule has 1 aliphatic rings. The van der Waals surface area contributed by atoms with Crippen molar-refractivity contribution < 1.29 is 0 Å². The lowest BCUT2D eigenvalue weighted by molar-refractivity contribution is 0.967. The fraction of sp³-hybridized carbons (Fsp3) is 0.200. The van der Waals surface area contributed by atoms with Gasteiger partial charge < -0.3 is 0 Å². The van der Waals surface area contributed by atoms with Gasteiger partial charge in [0.05, 0.1) is 5.69 Å². The van der Waals surface area contributed by atoms with E-state index in [0.717, 1.165) is 16.8 Å². The second-order valence-electron chi connectivity index (χ2n) is 4.88. The molecule has 3 rings (SSSR count). The van der Waals surface area contributed by atoms with Crippen LogP contribution < -0.4 is 5.69 Å². The molecule has 0 aliphatic heterocycles. The van der Waals surface area contributed by atoms with Gasteiger partial charge in [0.1, 0.15) is 0 Å². The molecule has 1 fully saturated rings. The van der Waals surface area contributed by atoms with E-state index in [9.17, 15) is 4.79 Å². The predicted molar refractivity (Wildman–Crippen MR) is 83.7 cm³/mol. The van der Waals surface area contributed by atoms with E-state index in [2.05, 4.69) is 29.4 Å². The molecule has 0 spiro atoms. The van der Waals surface area contributed by atoms with Crippen molar-refractivity contribution in [3.05, 3.63) is 57.2 Å². The highest BCUT2D eigenvalue weighted by Gasteiger charge is 2.27. The van der Waals surface area contributed by atoms with Gasteiger partial charge in [-0.3, -0.25) is 5.10 Å². The first-order chi connectivity index (χ1) is 9.67. The lowest BCUT2D eigenvalue weighted by Gasteiger charge is -2.13. The van der Waals surface area contributed by atoms with E-state index in [1.165, 1.54) is 23.0 Å². The Labute approximate surface area is 121 Å². The van der Waals surface area contributed by atoms with Crippen LogP contribution in [0.3, 0.4) is 0 Å². The van der Waals surface area contributed by atoms with Crippen molar-refractivity contribution in [3.8, 4) is 5.69 Å². The fourth-order valence-corrected chi connectivity index (χ4v) is 2.79. The van der Waals surface area contributed by atoms with Gasteiger partial charge in [-0.15, -0.1) is 0 Å². The summed E-state index contributed by atoms with van der Waals surface area (Å²) < 4.78 is 1.78. The van der Waals surface area contributed by atoms with Crippen LogP contribution in [-0.2, 0) is 0 Å². The zero-order valence-electron chi connectivity index (χ0n) is 11.0. The third kappa shape index (κ3) is 1.91. The minimum absolute atomic E-state index is 0.285. The molecule has 1 aliphatic carbocycles. The van der Waals surface area contributed by atoms with Gasteiger partial charge in [0.2, 0.25) is 4.77 Å². The Bertz CT molecular complexity index is 778. The molecule has 0 unspecified atom stereocenters. The Morgan fingerprint density at radius 3 is 2.40 bits per heavy atom.